The number of nitrogens with zero attached hydrogens (tertiary/aromatic N) is 3. The number of piperidine rings is 1. The maximum absolute atomic E-state index is 12.0. The molecule has 162 valence electrons. The van der Waals surface area contributed by atoms with Crippen LogP contribution in [0.5, 0.6) is 0 Å². The van der Waals surface area contributed by atoms with Crippen molar-refractivity contribution in [2.24, 2.45) is 4.99 Å². The third-order valence-electron chi connectivity index (χ3n) is 5.47. The molecule has 0 atom stereocenters. The van der Waals surface area contributed by atoms with Gasteiger partial charge in [0.2, 0.25) is 5.91 Å². The molecule has 6 nitrogen and oxygen atoms in total. The van der Waals surface area contributed by atoms with Gasteiger partial charge in [0.25, 0.3) is 0 Å². The number of hydrogen-bond donors (Lipinski definition) is 2. The molecule has 1 saturated heterocycles. The van der Waals surface area contributed by atoms with E-state index in [9.17, 15) is 4.79 Å². The van der Waals surface area contributed by atoms with Crippen molar-refractivity contribution in [3.63, 3.8) is 0 Å². The van der Waals surface area contributed by atoms with Crippen LogP contribution < -0.4 is 10.6 Å². The zero-order valence-corrected chi connectivity index (χ0v) is 19.0. The summed E-state index contributed by atoms with van der Waals surface area (Å²) in [6.45, 7) is 6.17. The maximum atomic E-state index is 12.0. The number of hydrogen-bond acceptors (Lipinski definition) is 4. The van der Waals surface area contributed by atoms with E-state index in [4.69, 9.17) is 0 Å². The number of likely N-dealkylation sites (N-methyl/N-ethyl adjacent to an activating group) is 1. The predicted molar refractivity (Wildman–Crippen MR) is 125 cm³/mol. The summed E-state index contributed by atoms with van der Waals surface area (Å²) < 4.78 is 0. The molecule has 1 aromatic carbocycles. The molecule has 0 spiro atoms. The van der Waals surface area contributed by atoms with Crippen molar-refractivity contribution in [1.82, 2.24) is 20.4 Å². The number of rotatable bonds is 7. The molecule has 30 heavy (non-hydrogen) atoms. The summed E-state index contributed by atoms with van der Waals surface area (Å²) in [6.07, 6.45) is 2.13. The fourth-order valence-corrected chi connectivity index (χ4v) is 4.13. The first-order valence-corrected chi connectivity index (χ1v) is 11.4. The van der Waals surface area contributed by atoms with Gasteiger partial charge in [0.05, 0.1) is 6.54 Å². The number of guanidine groups is 1. The van der Waals surface area contributed by atoms with Crippen LogP contribution in [0.1, 0.15) is 28.8 Å². The highest BCUT2D eigenvalue weighted by molar-refractivity contribution is 7.09. The van der Waals surface area contributed by atoms with E-state index in [0.29, 0.717) is 12.6 Å². The second kappa shape index (κ2) is 11.1. The van der Waals surface area contributed by atoms with Gasteiger partial charge >= 0.3 is 0 Å². The highest BCUT2D eigenvalue weighted by Crippen LogP contribution is 2.16. The van der Waals surface area contributed by atoms with Crippen molar-refractivity contribution in [3.05, 3.63) is 57.8 Å². The Bertz CT molecular complexity index is 826. The van der Waals surface area contributed by atoms with Crippen molar-refractivity contribution in [2.75, 3.05) is 33.7 Å². The second-order valence-electron chi connectivity index (χ2n) is 8.01. The molecule has 2 N–H and O–H groups in total. The molecule has 0 radical (unpaired) electrons. The van der Waals surface area contributed by atoms with Crippen LogP contribution in [0.3, 0.4) is 0 Å². The van der Waals surface area contributed by atoms with Gasteiger partial charge in [-0.1, -0.05) is 30.3 Å². The van der Waals surface area contributed by atoms with E-state index >= 15 is 0 Å². The average molecular weight is 428 g/mol. The number of carbonyl (C=O) groups excluding carboxylic acids is 1. The summed E-state index contributed by atoms with van der Waals surface area (Å²) in [5, 5.41) is 9.01. The van der Waals surface area contributed by atoms with E-state index in [0.717, 1.165) is 38.4 Å². The molecule has 1 amide bonds. The highest BCUT2D eigenvalue weighted by atomic mass is 32.1. The van der Waals surface area contributed by atoms with Crippen molar-refractivity contribution in [2.45, 2.75) is 38.9 Å². The quantitative estimate of drug-likeness (QED) is 0.527. The largest absolute Gasteiger partial charge is 0.354 e. The van der Waals surface area contributed by atoms with Crippen LogP contribution in [0.25, 0.3) is 0 Å². The number of likely N-dealkylation sites (tertiary alicyclic amines) is 1. The summed E-state index contributed by atoms with van der Waals surface area (Å²) in [7, 11) is 3.52. The zero-order valence-electron chi connectivity index (χ0n) is 18.2. The number of nitrogens with one attached hydrogen (secondary N) is 2. The molecule has 0 aliphatic carbocycles. The Labute approximate surface area is 184 Å². The van der Waals surface area contributed by atoms with E-state index in [-0.39, 0.29) is 12.5 Å². The van der Waals surface area contributed by atoms with Crippen molar-refractivity contribution < 1.29 is 4.79 Å². The van der Waals surface area contributed by atoms with Gasteiger partial charge in [0, 0.05) is 44.6 Å². The van der Waals surface area contributed by atoms with Crippen LogP contribution in [0.15, 0.2) is 46.8 Å². The molecule has 2 aromatic rings. The standard InChI is InChI=1S/C23H33N5OS/c1-18-7-4-5-8-19(18)17-28-12-10-20(11-13-28)26-23(25-16-22(29)27(2)3)24-15-21-9-6-14-30-21/h4-9,14,20H,10-13,15-17H2,1-3H3,(H2,24,25,26). The number of thiophene rings is 1. The Morgan fingerprint density at radius 3 is 2.63 bits per heavy atom. The number of aliphatic imine (C=N–C) groups is 1. The Balaban J connectivity index is 1.53. The lowest BCUT2D eigenvalue weighted by Gasteiger charge is -2.33. The summed E-state index contributed by atoms with van der Waals surface area (Å²) in [5.41, 5.74) is 2.77. The number of carbonyl (C=O) groups is 1. The van der Waals surface area contributed by atoms with Crippen LogP contribution in [0.2, 0.25) is 0 Å². The lowest BCUT2D eigenvalue weighted by molar-refractivity contribution is -0.127. The molecular weight excluding hydrogens is 394 g/mol. The molecule has 1 fully saturated rings. The zero-order chi connectivity index (χ0) is 21.3. The third-order valence-corrected chi connectivity index (χ3v) is 6.34. The van der Waals surface area contributed by atoms with Gasteiger partial charge in [-0.25, -0.2) is 4.99 Å². The van der Waals surface area contributed by atoms with Gasteiger partial charge in [-0.2, -0.15) is 0 Å². The summed E-state index contributed by atoms with van der Waals surface area (Å²) in [6, 6.07) is 13.1. The van der Waals surface area contributed by atoms with Gasteiger partial charge in [-0.15, -0.1) is 11.3 Å². The van der Waals surface area contributed by atoms with Gasteiger partial charge in [0.15, 0.2) is 5.96 Å². The first kappa shape index (κ1) is 22.3. The summed E-state index contributed by atoms with van der Waals surface area (Å²) in [4.78, 5) is 21.8. The number of amides is 1. The van der Waals surface area contributed by atoms with Gasteiger partial charge in [-0.05, 0) is 42.3 Å². The molecule has 1 aromatic heterocycles. The summed E-state index contributed by atoms with van der Waals surface area (Å²) in [5.74, 6) is 0.719. The minimum atomic E-state index is 0.000254. The van der Waals surface area contributed by atoms with Crippen LogP contribution in [0, 0.1) is 6.92 Å². The molecule has 0 saturated carbocycles. The molecule has 3 rings (SSSR count). The fraction of sp³-hybridized carbons (Fsp3) is 0.478. The Hall–Kier alpha value is -2.38. The van der Waals surface area contributed by atoms with E-state index in [1.54, 1.807) is 30.3 Å². The highest BCUT2D eigenvalue weighted by Gasteiger charge is 2.20. The molecule has 0 unspecified atom stereocenters. The van der Waals surface area contributed by atoms with Crippen molar-refractivity contribution in [3.8, 4) is 0 Å². The average Bonchev–Trinajstić information content (AvgIpc) is 3.26. The Morgan fingerprint density at radius 2 is 1.97 bits per heavy atom. The minimum Gasteiger partial charge on any atom is -0.354 e. The molecule has 1 aliphatic heterocycles. The first-order chi connectivity index (χ1) is 14.5. The topological polar surface area (TPSA) is 60.0 Å². The van der Waals surface area contributed by atoms with Crippen LogP contribution >= 0.6 is 11.3 Å². The first-order valence-electron chi connectivity index (χ1n) is 10.6. The van der Waals surface area contributed by atoms with E-state index in [2.05, 4.69) is 63.2 Å². The second-order valence-corrected chi connectivity index (χ2v) is 9.04. The lowest BCUT2D eigenvalue weighted by Crippen LogP contribution is -2.48. The molecular formula is C23H33N5OS. The summed E-state index contributed by atoms with van der Waals surface area (Å²) >= 11 is 1.72. The predicted octanol–water partition coefficient (Wildman–Crippen LogP) is 2.84. The monoisotopic (exact) mass is 427 g/mol. The van der Waals surface area contributed by atoms with Gasteiger partial charge in [0.1, 0.15) is 6.54 Å². The molecule has 0 bridgehead atoms. The van der Waals surface area contributed by atoms with Crippen LogP contribution in [-0.4, -0.2) is 61.4 Å². The van der Waals surface area contributed by atoms with E-state index in [1.165, 1.54) is 16.0 Å². The van der Waals surface area contributed by atoms with Crippen LogP contribution in [-0.2, 0) is 17.9 Å². The van der Waals surface area contributed by atoms with Crippen LogP contribution in [0.4, 0.5) is 0 Å². The molecule has 2 heterocycles. The van der Waals surface area contributed by atoms with Gasteiger partial charge < -0.3 is 15.5 Å². The van der Waals surface area contributed by atoms with E-state index in [1.807, 2.05) is 6.07 Å². The third kappa shape index (κ3) is 6.85. The normalized spacial score (nSPS) is 15.8. The molecule has 1 aliphatic rings. The smallest absolute Gasteiger partial charge is 0.243 e. The molecule has 7 heteroatoms. The maximum Gasteiger partial charge on any atom is 0.243 e. The lowest BCUT2D eigenvalue weighted by atomic mass is 10.0. The van der Waals surface area contributed by atoms with Crippen molar-refractivity contribution in [1.29, 1.82) is 0 Å². The number of aryl methyl sites for hydroxylation is 1. The minimum absolute atomic E-state index is 0.000254. The fourth-order valence-electron chi connectivity index (χ4n) is 3.48. The van der Waals surface area contributed by atoms with E-state index < -0.39 is 0 Å². The SMILES string of the molecule is Cc1ccccc1CN1CCC(NC(=NCC(=O)N(C)C)NCc2cccs2)CC1. The Morgan fingerprint density at radius 1 is 1.20 bits per heavy atom. The van der Waals surface area contributed by atoms with Gasteiger partial charge in [-0.3, -0.25) is 9.69 Å². The number of benzene rings is 1. The Kier molecular flexibility index (Phi) is 8.28. The van der Waals surface area contributed by atoms with Crippen molar-refractivity contribution >= 4 is 23.2 Å².